The molecule has 0 aliphatic carbocycles. The molecular weight excluding hydrogens is 284 g/mol. The summed E-state index contributed by atoms with van der Waals surface area (Å²) in [5, 5.41) is 2.95. The van der Waals surface area contributed by atoms with Crippen LogP contribution in [0.4, 0.5) is 0 Å². The number of ether oxygens (including phenoxy) is 1. The SMILES string of the molecule is C[C@H](NC(=O)c1ccc(Cl)cc1)C(=O)O[C@H](C)C(N)=O. The first-order valence-electron chi connectivity index (χ1n) is 5.87. The average Bonchev–Trinajstić information content (AvgIpc) is 2.38. The van der Waals surface area contributed by atoms with Crippen molar-refractivity contribution < 1.29 is 19.1 Å². The van der Waals surface area contributed by atoms with Crippen molar-refractivity contribution in [1.82, 2.24) is 5.32 Å². The molecule has 6 nitrogen and oxygen atoms in total. The van der Waals surface area contributed by atoms with Crippen molar-refractivity contribution in [2.75, 3.05) is 0 Å². The van der Waals surface area contributed by atoms with E-state index in [4.69, 9.17) is 22.1 Å². The Kier molecular flexibility index (Phi) is 5.52. The highest BCUT2D eigenvalue weighted by Gasteiger charge is 2.22. The Bertz CT molecular complexity index is 516. The van der Waals surface area contributed by atoms with E-state index in [1.54, 1.807) is 12.1 Å². The fraction of sp³-hybridized carbons (Fsp3) is 0.308. The molecule has 20 heavy (non-hydrogen) atoms. The van der Waals surface area contributed by atoms with Gasteiger partial charge in [0.1, 0.15) is 6.04 Å². The van der Waals surface area contributed by atoms with Crippen molar-refractivity contribution in [2.45, 2.75) is 26.0 Å². The second kappa shape index (κ2) is 6.91. The number of halogens is 1. The van der Waals surface area contributed by atoms with Crippen LogP contribution in [-0.4, -0.2) is 29.9 Å². The Morgan fingerprint density at radius 3 is 2.25 bits per heavy atom. The molecule has 2 amide bonds. The summed E-state index contributed by atoms with van der Waals surface area (Å²) in [4.78, 5) is 34.2. The zero-order chi connectivity index (χ0) is 15.3. The number of esters is 1. The monoisotopic (exact) mass is 298 g/mol. The molecule has 0 spiro atoms. The fourth-order valence-electron chi connectivity index (χ4n) is 1.27. The van der Waals surface area contributed by atoms with Gasteiger partial charge in [0.25, 0.3) is 11.8 Å². The summed E-state index contributed by atoms with van der Waals surface area (Å²) < 4.78 is 4.78. The summed E-state index contributed by atoms with van der Waals surface area (Å²) in [5.41, 5.74) is 5.33. The van der Waals surface area contributed by atoms with Crippen LogP contribution in [0.25, 0.3) is 0 Å². The highest BCUT2D eigenvalue weighted by atomic mass is 35.5. The molecule has 0 aliphatic heterocycles. The fourth-order valence-corrected chi connectivity index (χ4v) is 1.40. The third-order valence-corrected chi connectivity index (χ3v) is 2.75. The molecular formula is C13H15ClN2O4. The molecule has 0 aliphatic rings. The lowest BCUT2D eigenvalue weighted by Gasteiger charge is -2.15. The van der Waals surface area contributed by atoms with E-state index < -0.39 is 29.9 Å². The molecule has 0 fully saturated rings. The zero-order valence-corrected chi connectivity index (χ0v) is 11.8. The van der Waals surface area contributed by atoms with Crippen molar-refractivity contribution in [3.8, 4) is 0 Å². The Hall–Kier alpha value is -2.08. The van der Waals surface area contributed by atoms with Crippen molar-refractivity contribution in [1.29, 1.82) is 0 Å². The van der Waals surface area contributed by atoms with E-state index in [9.17, 15) is 14.4 Å². The number of hydrogen-bond acceptors (Lipinski definition) is 4. The maximum absolute atomic E-state index is 11.8. The number of carbonyl (C=O) groups is 3. The Morgan fingerprint density at radius 1 is 1.20 bits per heavy atom. The van der Waals surface area contributed by atoms with Crippen LogP contribution in [0.3, 0.4) is 0 Å². The van der Waals surface area contributed by atoms with Gasteiger partial charge in [-0.15, -0.1) is 0 Å². The smallest absolute Gasteiger partial charge is 0.329 e. The predicted octanol–water partition coefficient (Wildman–Crippen LogP) is 0.875. The van der Waals surface area contributed by atoms with E-state index in [1.165, 1.54) is 26.0 Å². The Labute approximate surface area is 121 Å². The van der Waals surface area contributed by atoms with Gasteiger partial charge in [-0.2, -0.15) is 0 Å². The van der Waals surface area contributed by atoms with Gasteiger partial charge in [-0.05, 0) is 38.1 Å². The van der Waals surface area contributed by atoms with Crippen LogP contribution >= 0.6 is 11.6 Å². The van der Waals surface area contributed by atoms with E-state index in [0.29, 0.717) is 10.6 Å². The van der Waals surface area contributed by atoms with Crippen molar-refractivity contribution in [2.24, 2.45) is 5.73 Å². The predicted molar refractivity (Wildman–Crippen MR) is 73.1 cm³/mol. The van der Waals surface area contributed by atoms with Crippen LogP contribution in [0.15, 0.2) is 24.3 Å². The van der Waals surface area contributed by atoms with Gasteiger partial charge in [0.2, 0.25) is 0 Å². The lowest BCUT2D eigenvalue weighted by Crippen LogP contribution is -2.42. The number of benzene rings is 1. The Morgan fingerprint density at radius 2 is 1.75 bits per heavy atom. The maximum Gasteiger partial charge on any atom is 0.329 e. The first-order chi connectivity index (χ1) is 9.31. The van der Waals surface area contributed by atoms with E-state index in [1.807, 2.05) is 0 Å². The van der Waals surface area contributed by atoms with Crippen LogP contribution < -0.4 is 11.1 Å². The standard InChI is InChI=1S/C13H15ClN2O4/c1-7(13(19)20-8(2)11(15)17)16-12(18)9-3-5-10(14)6-4-9/h3-8H,1-2H3,(H2,15,17)(H,16,18)/t7-,8+/m0/s1. The minimum absolute atomic E-state index is 0.358. The molecule has 1 aromatic rings. The summed E-state index contributed by atoms with van der Waals surface area (Å²) in [6.07, 6.45) is -1.04. The molecule has 1 aromatic carbocycles. The molecule has 2 atom stereocenters. The first kappa shape index (κ1) is 16.0. The molecule has 7 heteroatoms. The van der Waals surface area contributed by atoms with Gasteiger partial charge in [0, 0.05) is 10.6 Å². The lowest BCUT2D eigenvalue weighted by atomic mass is 10.2. The van der Waals surface area contributed by atoms with E-state index in [2.05, 4.69) is 5.32 Å². The van der Waals surface area contributed by atoms with Crippen LogP contribution in [0, 0.1) is 0 Å². The van der Waals surface area contributed by atoms with Gasteiger partial charge in [-0.1, -0.05) is 11.6 Å². The molecule has 3 N–H and O–H groups in total. The van der Waals surface area contributed by atoms with Crippen LogP contribution in [0.5, 0.6) is 0 Å². The van der Waals surface area contributed by atoms with Gasteiger partial charge >= 0.3 is 5.97 Å². The molecule has 0 radical (unpaired) electrons. The molecule has 0 saturated heterocycles. The quantitative estimate of drug-likeness (QED) is 0.788. The normalized spacial score (nSPS) is 13.2. The minimum atomic E-state index is -1.04. The molecule has 0 bridgehead atoms. The Balaban J connectivity index is 2.59. The number of primary amides is 1. The third-order valence-electron chi connectivity index (χ3n) is 2.50. The molecule has 108 valence electrons. The number of hydrogen-bond donors (Lipinski definition) is 2. The highest BCUT2D eigenvalue weighted by molar-refractivity contribution is 6.30. The number of nitrogens with one attached hydrogen (secondary N) is 1. The first-order valence-corrected chi connectivity index (χ1v) is 6.25. The largest absolute Gasteiger partial charge is 0.451 e. The lowest BCUT2D eigenvalue weighted by molar-refractivity contribution is -0.155. The van der Waals surface area contributed by atoms with Gasteiger partial charge < -0.3 is 15.8 Å². The maximum atomic E-state index is 11.8. The number of rotatable bonds is 5. The number of amides is 2. The van der Waals surface area contributed by atoms with Gasteiger partial charge in [0.15, 0.2) is 6.10 Å². The summed E-state index contributed by atoms with van der Waals surface area (Å²) >= 11 is 5.71. The third kappa shape index (κ3) is 4.55. The average molecular weight is 299 g/mol. The van der Waals surface area contributed by atoms with Crippen molar-refractivity contribution in [3.63, 3.8) is 0 Å². The summed E-state index contributed by atoms with van der Waals surface area (Å²) in [5.74, 6) is -1.94. The number of carbonyl (C=O) groups excluding carboxylic acids is 3. The van der Waals surface area contributed by atoms with Gasteiger partial charge in [0.05, 0.1) is 0 Å². The molecule has 0 aromatic heterocycles. The van der Waals surface area contributed by atoms with Crippen LogP contribution in [0.2, 0.25) is 5.02 Å². The minimum Gasteiger partial charge on any atom is -0.451 e. The second-order valence-electron chi connectivity index (χ2n) is 4.18. The molecule has 0 heterocycles. The van der Waals surface area contributed by atoms with Crippen molar-refractivity contribution in [3.05, 3.63) is 34.9 Å². The topological polar surface area (TPSA) is 98.5 Å². The van der Waals surface area contributed by atoms with Crippen LogP contribution in [-0.2, 0) is 14.3 Å². The summed E-state index contributed by atoms with van der Waals surface area (Å²) in [6.45, 7) is 2.80. The van der Waals surface area contributed by atoms with E-state index in [0.717, 1.165) is 0 Å². The van der Waals surface area contributed by atoms with Crippen molar-refractivity contribution >= 4 is 29.4 Å². The van der Waals surface area contributed by atoms with E-state index in [-0.39, 0.29) is 0 Å². The van der Waals surface area contributed by atoms with Gasteiger partial charge in [-0.3, -0.25) is 9.59 Å². The molecule has 0 saturated carbocycles. The second-order valence-corrected chi connectivity index (χ2v) is 4.62. The molecule has 1 rings (SSSR count). The summed E-state index contributed by atoms with van der Waals surface area (Å²) in [7, 11) is 0. The highest BCUT2D eigenvalue weighted by Crippen LogP contribution is 2.09. The zero-order valence-electron chi connectivity index (χ0n) is 11.1. The van der Waals surface area contributed by atoms with Crippen LogP contribution in [0.1, 0.15) is 24.2 Å². The molecule has 0 unspecified atom stereocenters. The van der Waals surface area contributed by atoms with E-state index >= 15 is 0 Å². The summed E-state index contributed by atoms with van der Waals surface area (Å²) in [6, 6.07) is 5.28. The van der Waals surface area contributed by atoms with Gasteiger partial charge in [-0.25, -0.2) is 4.79 Å². The number of nitrogens with two attached hydrogens (primary N) is 1.